The normalized spacial score (nSPS) is 23.9. The zero-order chi connectivity index (χ0) is 33.9. The molecule has 2 aliphatic heterocycles. The van der Waals surface area contributed by atoms with E-state index in [-0.39, 0.29) is 61.0 Å². The number of nitrogens with one attached hydrogen (secondary N) is 2. The predicted molar refractivity (Wildman–Crippen MR) is 182 cm³/mol. The Hall–Kier alpha value is -4.29. The number of amides is 1. The fourth-order valence-corrected chi connectivity index (χ4v) is 7.44. The van der Waals surface area contributed by atoms with Gasteiger partial charge in [0, 0.05) is 48.4 Å². The van der Waals surface area contributed by atoms with E-state index >= 15 is 0 Å². The maximum Gasteiger partial charge on any atom is 0.306 e. The number of esters is 1. The van der Waals surface area contributed by atoms with E-state index in [1.54, 1.807) is 23.2 Å². The van der Waals surface area contributed by atoms with Crippen molar-refractivity contribution >= 4 is 29.0 Å². The fraction of sp³-hybridized carbons (Fsp3) is 0.447. The van der Waals surface area contributed by atoms with E-state index in [4.69, 9.17) is 18.6 Å². The quantitative estimate of drug-likeness (QED) is 0.125. The first-order valence-electron chi connectivity index (χ1n) is 17.2. The van der Waals surface area contributed by atoms with Gasteiger partial charge >= 0.3 is 5.97 Å². The van der Waals surface area contributed by atoms with E-state index in [1.807, 2.05) is 74.5 Å². The van der Waals surface area contributed by atoms with Crippen molar-refractivity contribution < 1.29 is 33.3 Å². The Morgan fingerprint density at radius 1 is 0.980 bits per heavy atom. The summed E-state index contributed by atoms with van der Waals surface area (Å²) in [5, 5.41) is 16.7. The van der Waals surface area contributed by atoms with Crippen LogP contribution in [-0.4, -0.2) is 71.3 Å². The van der Waals surface area contributed by atoms with Crippen LogP contribution < -0.4 is 10.7 Å². The van der Waals surface area contributed by atoms with E-state index < -0.39 is 12.0 Å². The first-order chi connectivity index (χ1) is 23.8. The second-order valence-corrected chi connectivity index (χ2v) is 13.8. The molecule has 4 aromatic rings. The van der Waals surface area contributed by atoms with Gasteiger partial charge in [0.05, 0.1) is 25.7 Å². The lowest BCUT2D eigenvalue weighted by Gasteiger charge is -2.31. The maximum absolute atomic E-state index is 13.6. The van der Waals surface area contributed by atoms with Gasteiger partial charge in [-0.2, -0.15) is 4.98 Å². The van der Waals surface area contributed by atoms with Crippen LogP contribution >= 0.6 is 0 Å². The van der Waals surface area contributed by atoms with E-state index in [0.717, 1.165) is 17.5 Å². The highest BCUT2D eigenvalue weighted by molar-refractivity contribution is 5.97. The lowest BCUT2D eigenvalue weighted by Crippen LogP contribution is -2.47. The predicted octanol–water partition coefficient (Wildman–Crippen LogP) is 4.96. The molecule has 1 aromatic heterocycles. The first-order valence-corrected chi connectivity index (χ1v) is 17.2. The van der Waals surface area contributed by atoms with Crippen LogP contribution in [0.3, 0.4) is 0 Å². The molecule has 3 aliphatic rings. The summed E-state index contributed by atoms with van der Waals surface area (Å²) in [5.41, 5.74) is 6.50. The standard InChI is InChI=1S/C38H44N4O7/c1-23(2)39-38-40-31-17-26(13-14-33(31)48-38)36(45)41-42(19-25-11-7-4-8-12-25)20-32(43)27(15-24-9-5-3-6-10-24)18-34(44)49-35-28-16-29-30(35)22-47-37(29)46-21-28/h3-14,17,23,27-30,32,35,37,43H,15-16,18-22H2,1-2H3,(H,39,40)(H,41,45)/t27-,28?,29?,30?,32-,35?,37?/m1/s1. The van der Waals surface area contributed by atoms with Crippen molar-refractivity contribution in [3.63, 3.8) is 0 Å². The van der Waals surface area contributed by atoms with Gasteiger partial charge in [0.15, 0.2) is 11.9 Å². The minimum atomic E-state index is -0.968. The Morgan fingerprint density at radius 2 is 1.71 bits per heavy atom. The molecule has 3 heterocycles. The minimum Gasteiger partial charge on any atom is -0.462 e. The van der Waals surface area contributed by atoms with Crippen LogP contribution in [0.25, 0.3) is 11.1 Å². The van der Waals surface area contributed by atoms with Crippen LogP contribution in [0, 0.1) is 23.7 Å². The number of hydrogen-bond acceptors (Lipinski definition) is 10. The molecule has 2 saturated heterocycles. The fourth-order valence-electron chi connectivity index (χ4n) is 7.44. The molecule has 0 radical (unpaired) electrons. The highest BCUT2D eigenvalue weighted by Gasteiger charge is 2.56. The number of carbonyl (C=O) groups excluding carboxylic acids is 2. The average molecular weight is 669 g/mol. The number of benzene rings is 3. The number of aliphatic hydroxyl groups is 1. The van der Waals surface area contributed by atoms with Gasteiger partial charge in [0.25, 0.3) is 11.9 Å². The summed E-state index contributed by atoms with van der Waals surface area (Å²) in [7, 11) is 0. The molecule has 1 amide bonds. The molecule has 49 heavy (non-hydrogen) atoms. The van der Waals surface area contributed by atoms with E-state index in [0.29, 0.717) is 48.9 Å². The van der Waals surface area contributed by atoms with Crippen molar-refractivity contribution in [1.82, 2.24) is 15.4 Å². The smallest absolute Gasteiger partial charge is 0.306 e. The monoisotopic (exact) mass is 668 g/mol. The second kappa shape index (κ2) is 14.7. The molecule has 5 unspecified atom stereocenters. The molecule has 7 atom stereocenters. The number of aromatic nitrogens is 1. The number of aliphatic hydroxyl groups excluding tert-OH is 1. The van der Waals surface area contributed by atoms with Gasteiger partial charge in [-0.25, -0.2) is 5.01 Å². The van der Waals surface area contributed by atoms with Crippen LogP contribution in [0.2, 0.25) is 0 Å². The first kappa shape index (κ1) is 33.2. The third kappa shape index (κ3) is 7.80. The van der Waals surface area contributed by atoms with Crippen molar-refractivity contribution in [2.24, 2.45) is 23.7 Å². The molecule has 11 nitrogen and oxygen atoms in total. The Bertz CT molecular complexity index is 1730. The molecular formula is C38H44N4O7. The summed E-state index contributed by atoms with van der Waals surface area (Å²) in [6.07, 6.45) is 0.0358. The van der Waals surface area contributed by atoms with Crippen molar-refractivity contribution in [3.8, 4) is 0 Å². The third-order valence-electron chi connectivity index (χ3n) is 9.82. The summed E-state index contributed by atoms with van der Waals surface area (Å²) >= 11 is 0. The van der Waals surface area contributed by atoms with E-state index in [9.17, 15) is 14.7 Å². The molecule has 7 rings (SSSR count). The third-order valence-corrected chi connectivity index (χ3v) is 9.82. The van der Waals surface area contributed by atoms with Gasteiger partial charge in [-0.1, -0.05) is 60.7 Å². The summed E-state index contributed by atoms with van der Waals surface area (Å²) in [5.74, 6) is -0.578. The van der Waals surface area contributed by atoms with Crippen molar-refractivity contribution in [2.45, 2.75) is 64.2 Å². The lowest BCUT2D eigenvalue weighted by molar-refractivity contribution is -0.178. The van der Waals surface area contributed by atoms with Crippen molar-refractivity contribution in [3.05, 3.63) is 95.6 Å². The Kier molecular flexibility index (Phi) is 9.95. The van der Waals surface area contributed by atoms with Crippen LogP contribution in [0.5, 0.6) is 0 Å². The largest absolute Gasteiger partial charge is 0.462 e. The van der Waals surface area contributed by atoms with Crippen molar-refractivity contribution in [2.75, 3.05) is 25.1 Å². The van der Waals surface area contributed by atoms with Crippen LogP contribution in [0.15, 0.2) is 83.3 Å². The number of rotatable bonds is 14. The average Bonchev–Trinajstić information content (AvgIpc) is 3.76. The van der Waals surface area contributed by atoms with E-state index in [1.165, 1.54) is 0 Å². The Labute approximate surface area is 285 Å². The highest BCUT2D eigenvalue weighted by atomic mass is 16.7. The van der Waals surface area contributed by atoms with Crippen LogP contribution in [0.4, 0.5) is 6.01 Å². The van der Waals surface area contributed by atoms with Gasteiger partial charge in [-0.05, 0) is 56.0 Å². The molecule has 3 fully saturated rings. The number of ether oxygens (including phenoxy) is 3. The Balaban J connectivity index is 1.07. The molecule has 258 valence electrons. The number of hydrogen-bond donors (Lipinski definition) is 3. The van der Waals surface area contributed by atoms with Crippen LogP contribution in [-0.2, 0) is 32.0 Å². The van der Waals surface area contributed by atoms with Gasteiger partial charge in [-0.3, -0.25) is 15.0 Å². The topological polar surface area (TPSA) is 135 Å². The summed E-state index contributed by atoms with van der Waals surface area (Å²) in [6.45, 7) is 5.47. The van der Waals surface area contributed by atoms with Crippen molar-refractivity contribution in [1.29, 1.82) is 0 Å². The van der Waals surface area contributed by atoms with Gasteiger partial charge < -0.3 is 29.1 Å². The van der Waals surface area contributed by atoms with Crippen LogP contribution in [0.1, 0.15) is 48.2 Å². The number of carbonyl (C=O) groups is 2. The molecule has 2 bridgehead atoms. The molecule has 0 spiro atoms. The van der Waals surface area contributed by atoms with Gasteiger partial charge in [0.2, 0.25) is 0 Å². The Morgan fingerprint density at radius 3 is 2.47 bits per heavy atom. The SMILES string of the molecule is CC(C)Nc1nc2cc(C(=O)NN(Cc3ccccc3)C[C@@H](O)[C@@H](CC(=O)OC3C4COC5OCC3C5C4)Cc3ccccc3)ccc2o1. The maximum atomic E-state index is 13.6. The highest BCUT2D eigenvalue weighted by Crippen LogP contribution is 2.49. The molecule has 3 N–H and O–H groups in total. The summed E-state index contributed by atoms with van der Waals surface area (Å²) < 4.78 is 23.6. The van der Waals surface area contributed by atoms with E-state index in [2.05, 4.69) is 15.7 Å². The molecule has 11 heteroatoms. The number of anilines is 1. The molecule has 3 aromatic carbocycles. The number of nitrogens with zero attached hydrogens (tertiary/aromatic N) is 2. The molecule has 1 aliphatic carbocycles. The molecule has 1 saturated carbocycles. The number of hydrazine groups is 1. The zero-order valence-corrected chi connectivity index (χ0v) is 27.9. The number of fused-ring (bicyclic) bond motifs is 2. The minimum absolute atomic E-state index is 0.0322. The molecular weight excluding hydrogens is 624 g/mol. The lowest BCUT2D eigenvalue weighted by atomic mass is 9.90. The number of oxazole rings is 1. The zero-order valence-electron chi connectivity index (χ0n) is 27.9. The van der Waals surface area contributed by atoms with Gasteiger partial charge in [0.1, 0.15) is 11.6 Å². The second-order valence-electron chi connectivity index (χ2n) is 13.8. The summed E-state index contributed by atoms with van der Waals surface area (Å²) in [6, 6.07) is 25.2. The van der Waals surface area contributed by atoms with Gasteiger partial charge in [-0.15, -0.1) is 0 Å². The summed E-state index contributed by atoms with van der Waals surface area (Å²) in [4.78, 5) is 31.7.